The normalized spacial score (nSPS) is 11.8. The lowest BCUT2D eigenvalue weighted by atomic mass is 10.0. The number of carbonyl (C=O) groups is 1. The molecule has 0 aliphatic rings. The molecule has 1 atom stereocenters. The average molecular weight is 349 g/mol. The van der Waals surface area contributed by atoms with Gasteiger partial charge in [0.15, 0.2) is 0 Å². The number of rotatable bonds is 5. The number of hydrogen-bond donors (Lipinski definition) is 2. The average Bonchev–Trinajstić information content (AvgIpc) is 2.66. The van der Waals surface area contributed by atoms with E-state index in [1.54, 1.807) is 13.1 Å². The summed E-state index contributed by atoms with van der Waals surface area (Å²) in [6.45, 7) is 1.89. The minimum Gasteiger partial charge on any atom is -0.383 e. The second-order valence-corrected chi connectivity index (χ2v) is 6.04. The summed E-state index contributed by atoms with van der Waals surface area (Å²) in [6.07, 6.45) is 0. The second kappa shape index (κ2) is 7.23. The van der Waals surface area contributed by atoms with Crippen LogP contribution in [0.25, 0.3) is 10.8 Å². The van der Waals surface area contributed by atoms with Crippen LogP contribution in [0.2, 0.25) is 0 Å². The largest absolute Gasteiger partial charge is 0.383 e. The summed E-state index contributed by atoms with van der Waals surface area (Å²) in [4.78, 5) is 23.2. The standard InChI is InChI=1S/C20H19N3O3/c1-13(15-8-7-14-5-3-4-6-16(14)11-15)22-20(24)17-9-10-18(21-2)19(12-17)23(25)26/h3-13,21H,1-2H3,(H,22,24). The van der Waals surface area contributed by atoms with Crippen molar-refractivity contribution < 1.29 is 9.72 Å². The van der Waals surface area contributed by atoms with Crippen molar-refractivity contribution in [2.75, 3.05) is 12.4 Å². The van der Waals surface area contributed by atoms with Gasteiger partial charge in [-0.15, -0.1) is 0 Å². The zero-order valence-electron chi connectivity index (χ0n) is 14.5. The molecule has 0 heterocycles. The highest BCUT2D eigenvalue weighted by atomic mass is 16.6. The van der Waals surface area contributed by atoms with E-state index in [1.165, 1.54) is 12.1 Å². The summed E-state index contributed by atoms with van der Waals surface area (Å²) in [5.41, 5.74) is 1.47. The number of amides is 1. The predicted molar refractivity (Wildman–Crippen MR) is 102 cm³/mol. The maximum Gasteiger partial charge on any atom is 0.293 e. The molecule has 0 radical (unpaired) electrons. The second-order valence-electron chi connectivity index (χ2n) is 6.04. The molecule has 3 aromatic carbocycles. The van der Waals surface area contributed by atoms with Gasteiger partial charge in [-0.25, -0.2) is 0 Å². The number of benzene rings is 3. The molecule has 0 saturated carbocycles. The molecule has 6 heteroatoms. The molecule has 0 aliphatic heterocycles. The SMILES string of the molecule is CNc1ccc(C(=O)NC(C)c2ccc3ccccc3c2)cc1[N+](=O)[O-]. The maximum absolute atomic E-state index is 12.5. The van der Waals surface area contributed by atoms with Gasteiger partial charge in [0, 0.05) is 18.7 Å². The van der Waals surface area contributed by atoms with Crippen LogP contribution >= 0.6 is 0 Å². The number of nitro benzene ring substituents is 1. The Labute approximate surface area is 151 Å². The molecular formula is C20H19N3O3. The highest BCUT2D eigenvalue weighted by Gasteiger charge is 2.18. The Morgan fingerprint density at radius 1 is 1.04 bits per heavy atom. The van der Waals surface area contributed by atoms with E-state index in [2.05, 4.69) is 10.6 Å². The quantitative estimate of drug-likeness (QED) is 0.532. The third-order valence-corrected chi connectivity index (χ3v) is 4.35. The van der Waals surface area contributed by atoms with Crippen LogP contribution in [0.3, 0.4) is 0 Å². The van der Waals surface area contributed by atoms with E-state index >= 15 is 0 Å². The smallest absolute Gasteiger partial charge is 0.293 e. The lowest BCUT2D eigenvalue weighted by molar-refractivity contribution is -0.384. The van der Waals surface area contributed by atoms with E-state index in [0.29, 0.717) is 5.69 Å². The van der Waals surface area contributed by atoms with Crippen molar-refractivity contribution in [3.63, 3.8) is 0 Å². The van der Waals surface area contributed by atoms with Crippen molar-refractivity contribution in [1.29, 1.82) is 0 Å². The fourth-order valence-electron chi connectivity index (χ4n) is 2.88. The Kier molecular flexibility index (Phi) is 4.84. The number of nitro groups is 1. The topological polar surface area (TPSA) is 84.3 Å². The van der Waals surface area contributed by atoms with Crippen LogP contribution in [0.15, 0.2) is 60.7 Å². The van der Waals surface area contributed by atoms with Crippen LogP contribution in [-0.4, -0.2) is 17.9 Å². The summed E-state index contributed by atoms with van der Waals surface area (Å²) >= 11 is 0. The number of fused-ring (bicyclic) bond motifs is 1. The van der Waals surface area contributed by atoms with Gasteiger partial charge in [0.1, 0.15) is 5.69 Å². The number of anilines is 1. The molecule has 6 nitrogen and oxygen atoms in total. The molecule has 0 saturated heterocycles. The Hall–Kier alpha value is -3.41. The van der Waals surface area contributed by atoms with E-state index in [9.17, 15) is 14.9 Å². The summed E-state index contributed by atoms with van der Waals surface area (Å²) in [6, 6.07) is 18.2. The summed E-state index contributed by atoms with van der Waals surface area (Å²) < 4.78 is 0. The zero-order valence-corrected chi connectivity index (χ0v) is 14.5. The first-order valence-corrected chi connectivity index (χ1v) is 8.25. The minimum atomic E-state index is -0.505. The first-order valence-electron chi connectivity index (χ1n) is 8.25. The van der Waals surface area contributed by atoms with Gasteiger partial charge >= 0.3 is 0 Å². The van der Waals surface area contributed by atoms with E-state index in [0.717, 1.165) is 16.3 Å². The van der Waals surface area contributed by atoms with Crippen molar-refractivity contribution in [3.05, 3.63) is 81.9 Å². The summed E-state index contributed by atoms with van der Waals surface area (Å²) in [5, 5.41) is 19.0. The van der Waals surface area contributed by atoms with Gasteiger partial charge in [-0.05, 0) is 41.5 Å². The van der Waals surface area contributed by atoms with Crippen LogP contribution in [-0.2, 0) is 0 Å². The Morgan fingerprint density at radius 3 is 2.46 bits per heavy atom. The van der Waals surface area contributed by atoms with E-state index in [-0.39, 0.29) is 23.2 Å². The molecule has 0 bridgehead atoms. The fraction of sp³-hybridized carbons (Fsp3) is 0.150. The molecular weight excluding hydrogens is 330 g/mol. The molecule has 3 rings (SSSR count). The van der Waals surface area contributed by atoms with Crippen molar-refractivity contribution >= 4 is 28.1 Å². The van der Waals surface area contributed by atoms with E-state index in [4.69, 9.17) is 0 Å². The van der Waals surface area contributed by atoms with Crippen molar-refractivity contribution in [1.82, 2.24) is 5.32 Å². The van der Waals surface area contributed by atoms with Gasteiger partial charge in [0.05, 0.1) is 11.0 Å². The van der Waals surface area contributed by atoms with Gasteiger partial charge in [-0.1, -0.05) is 36.4 Å². The third kappa shape index (κ3) is 3.49. The molecule has 3 aromatic rings. The molecule has 0 aliphatic carbocycles. The first kappa shape index (κ1) is 17.4. The Bertz CT molecular complexity index is 985. The molecule has 0 spiro atoms. The van der Waals surface area contributed by atoms with Crippen molar-refractivity contribution in [2.45, 2.75) is 13.0 Å². The molecule has 26 heavy (non-hydrogen) atoms. The molecule has 132 valence electrons. The molecule has 0 fully saturated rings. The number of nitrogens with zero attached hydrogens (tertiary/aromatic N) is 1. The molecule has 1 unspecified atom stereocenters. The van der Waals surface area contributed by atoms with Crippen LogP contribution in [0.4, 0.5) is 11.4 Å². The van der Waals surface area contributed by atoms with Crippen molar-refractivity contribution in [3.8, 4) is 0 Å². The van der Waals surface area contributed by atoms with Crippen LogP contribution < -0.4 is 10.6 Å². The minimum absolute atomic E-state index is 0.126. The van der Waals surface area contributed by atoms with E-state index in [1.807, 2.05) is 49.4 Å². The Balaban J connectivity index is 1.82. The van der Waals surface area contributed by atoms with Crippen LogP contribution in [0.5, 0.6) is 0 Å². The van der Waals surface area contributed by atoms with Gasteiger partial charge in [-0.3, -0.25) is 14.9 Å². The summed E-state index contributed by atoms with van der Waals surface area (Å²) in [5.74, 6) is -0.351. The molecule has 1 amide bonds. The third-order valence-electron chi connectivity index (χ3n) is 4.35. The van der Waals surface area contributed by atoms with Crippen LogP contribution in [0, 0.1) is 10.1 Å². The molecule has 0 aromatic heterocycles. The maximum atomic E-state index is 12.5. The van der Waals surface area contributed by atoms with Gasteiger partial charge in [0.25, 0.3) is 11.6 Å². The highest BCUT2D eigenvalue weighted by Crippen LogP contribution is 2.26. The lowest BCUT2D eigenvalue weighted by Crippen LogP contribution is -2.26. The van der Waals surface area contributed by atoms with Crippen LogP contribution in [0.1, 0.15) is 28.9 Å². The van der Waals surface area contributed by atoms with Crippen molar-refractivity contribution in [2.24, 2.45) is 0 Å². The predicted octanol–water partition coefficient (Wildman–Crippen LogP) is 4.28. The fourth-order valence-corrected chi connectivity index (χ4v) is 2.88. The van der Waals surface area contributed by atoms with Gasteiger partial charge < -0.3 is 10.6 Å². The van der Waals surface area contributed by atoms with E-state index < -0.39 is 4.92 Å². The monoisotopic (exact) mass is 349 g/mol. The first-order chi connectivity index (χ1) is 12.5. The highest BCUT2D eigenvalue weighted by molar-refractivity contribution is 5.96. The number of nitrogens with one attached hydrogen (secondary N) is 2. The Morgan fingerprint density at radius 2 is 1.77 bits per heavy atom. The molecule has 2 N–H and O–H groups in total. The number of hydrogen-bond acceptors (Lipinski definition) is 4. The summed E-state index contributed by atoms with van der Waals surface area (Å²) in [7, 11) is 1.60. The zero-order chi connectivity index (χ0) is 18.7. The van der Waals surface area contributed by atoms with Gasteiger partial charge in [-0.2, -0.15) is 0 Å². The lowest BCUT2D eigenvalue weighted by Gasteiger charge is -2.15. The number of carbonyl (C=O) groups excluding carboxylic acids is 1. The van der Waals surface area contributed by atoms with Gasteiger partial charge in [0.2, 0.25) is 0 Å².